The molecule has 0 aliphatic carbocycles. The van der Waals surface area contributed by atoms with Crippen molar-refractivity contribution in [1.29, 1.82) is 0 Å². The molecule has 4 rings (SSSR count). The van der Waals surface area contributed by atoms with E-state index in [1.165, 1.54) is 5.56 Å². The van der Waals surface area contributed by atoms with Crippen LogP contribution in [0.15, 0.2) is 84.3 Å². The Morgan fingerprint density at radius 3 is 2.56 bits per heavy atom. The molecule has 0 amide bonds. The largest absolute Gasteiger partial charge is 0.497 e. The van der Waals surface area contributed by atoms with Crippen molar-refractivity contribution in [1.82, 2.24) is 9.55 Å². The number of nitrogens with zero attached hydrogens (tertiary/aromatic N) is 2. The first-order chi connectivity index (χ1) is 15.5. The van der Waals surface area contributed by atoms with E-state index >= 15 is 0 Å². The van der Waals surface area contributed by atoms with Crippen molar-refractivity contribution < 1.29 is 4.74 Å². The lowest BCUT2D eigenvalue weighted by atomic mass is 9.99. The number of anilines is 1. The van der Waals surface area contributed by atoms with Crippen LogP contribution in [0.5, 0.6) is 5.75 Å². The van der Waals surface area contributed by atoms with Crippen LogP contribution < -0.4 is 15.7 Å². The molecule has 1 heterocycles. The van der Waals surface area contributed by atoms with Crippen molar-refractivity contribution in [2.75, 3.05) is 12.4 Å². The van der Waals surface area contributed by atoms with E-state index < -0.39 is 0 Å². The second kappa shape index (κ2) is 9.10. The second-order valence-electron chi connectivity index (χ2n) is 8.04. The molecule has 0 saturated heterocycles. The summed E-state index contributed by atoms with van der Waals surface area (Å²) in [5.41, 5.74) is 5.27. The molecule has 0 saturated carbocycles. The number of methoxy groups -OCH3 is 1. The Morgan fingerprint density at radius 2 is 1.88 bits per heavy atom. The average molecular weight is 426 g/mol. The van der Waals surface area contributed by atoms with Gasteiger partial charge in [-0.05, 0) is 53.6 Å². The van der Waals surface area contributed by atoms with Crippen LogP contribution in [0.25, 0.3) is 22.2 Å². The van der Waals surface area contributed by atoms with Gasteiger partial charge in [0.2, 0.25) is 0 Å². The van der Waals surface area contributed by atoms with Gasteiger partial charge in [-0.3, -0.25) is 4.57 Å². The van der Waals surface area contributed by atoms with E-state index in [9.17, 15) is 4.79 Å². The lowest BCUT2D eigenvalue weighted by molar-refractivity contribution is 0.415. The van der Waals surface area contributed by atoms with E-state index in [2.05, 4.69) is 42.9 Å². The van der Waals surface area contributed by atoms with Gasteiger partial charge in [-0.15, -0.1) is 0 Å². The Kier molecular flexibility index (Phi) is 6.08. The normalized spacial score (nSPS) is 11.0. The summed E-state index contributed by atoms with van der Waals surface area (Å²) < 4.78 is 7.16. The summed E-state index contributed by atoms with van der Waals surface area (Å²) in [7, 11) is 1.64. The maximum Gasteiger partial charge on any atom is 0.348 e. The van der Waals surface area contributed by atoms with Crippen molar-refractivity contribution >= 4 is 16.6 Å². The average Bonchev–Trinajstić information content (AvgIpc) is 2.81. The van der Waals surface area contributed by atoms with Crippen LogP contribution in [0.4, 0.5) is 5.69 Å². The van der Waals surface area contributed by atoms with Gasteiger partial charge in [-0.25, -0.2) is 4.79 Å². The van der Waals surface area contributed by atoms with Crippen molar-refractivity contribution in [2.24, 2.45) is 0 Å². The fourth-order valence-electron chi connectivity index (χ4n) is 3.85. The number of fused-ring (bicyclic) bond motifs is 1. The number of nitrogens with one attached hydrogen (secondary N) is 1. The molecule has 4 aromatic rings. The van der Waals surface area contributed by atoms with Gasteiger partial charge in [0.25, 0.3) is 0 Å². The van der Waals surface area contributed by atoms with Crippen molar-refractivity contribution in [3.05, 3.63) is 101 Å². The maximum atomic E-state index is 13.2. The molecule has 1 N–H and O–H groups in total. The van der Waals surface area contributed by atoms with Crippen LogP contribution in [0.2, 0.25) is 0 Å². The summed E-state index contributed by atoms with van der Waals surface area (Å²) in [6.07, 6.45) is 1.63. The number of benzene rings is 3. The summed E-state index contributed by atoms with van der Waals surface area (Å²) in [6, 6.07) is 21.9. The Hall–Kier alpha value is -3.86. The molecule has 0 aliphatic heterocycles. The number of rotatable bonds is 7. The smallest absolute Gasteiger partial charge is 0.348 e. The molecule has 5 nitrogen and oxygen atoms in total. The first kappa shape index (κ1) is 21.4. The molecule has 32 heavy (non-hydrogen) atoms. The van der Waals surface area contributed by atoms with Crippen molar-refractivity contribution in [2.45, 2.75) is 26.3 Å². The minimum Gasteiger partial charge on any atom is -0.497 e. The lowest BCUT2D eigenvalue weighted by Crippen LogP contribution is -2.24. The van der Waals surface area contributed by atoms with E-state index in [4.69, 9.17) is 4.74 Å². The van der Waals surface area contributed by atoms with E-state index in [1.807, 2.05) is 54.6 Å². The summed E-state index contributed by atoms with van der Waals surface area (Å²) >= 11 is 0. The molecule has 0 unspecified atom stereocenters. The fraction of sp³-hybridized carbons (Fsp3) is 0.185. The van der Waals surface area contributed by atoms with E-state index in [0.717, 1.165) is 33.5 Å². The van der Waals surface area contributed by atoms with Crippen LogP contribution in [0.1, 0.15) is 30.9 Å². The number of aromatic nitrogens is 2. The van der Waals surface area contributed by atoms with Gasteiger partial charge in [-0.2, -0.15) is 4.98 Å². The molecule has 0 bridgehead atoms. The van der Waals surface area contributed by atoms with E-state index in [0.29, 0.717) is 18.2 Å². The van der Waals surface area contributed by atoms with Gasteiger partial charge in [-0.1, -0.05) is 56.8 Å². The maximum absolute atomic E-state index is 13.2. The minimum absolute atomic E-state index is 0.285. The number of hydrogen-bond acceptors (Lipinski definition) is 4. The summed E-state index contributed by atoms with van der Waals surface area (Å²) in [5.74, 6) is 1.16. The van der Waals surface area contributed by atoms with Gasteiger partial charge >= 0.3 is 5.69 Å². The quantitative estimate of drug-likeness (QED) is 0.407. The minimum atomic E-state index is -0.285. The first-order valence-corrected chi connectivity index (χ1v) is 10.7. The van der Waals surface area contributed by atoms with Crippen LogP contribution in [-0.2, 0) is 6.54 Å². The highest BCUT2D eigenvalue weighted by Gasteiger charge is 2.14. The Labute approximate surface area is 188 Å². The molecule has 162 valence electrons. The van der Waals surface area contributed by atoms with Gasteiger partial charge < -0.3 is 10.1 Å². The first-order valence-electron chi connectivity index (χ1n) is 10.7. The van der Waals surface area contributed by atoms with Gasteiger partial charge in [0.05, 0.1) is 24.9 Å². The lowest BCUT2D eigenvalue weighted by Gasteiger charge is -2.15. The predicted molar refractivity (Wildman–Crippen MR) is 131 cm³/mol. The summed E-state index contributed by atoms with van der Waals surface area (Å²) in [5, 5.41) is 3.96. The second-order valence-corrected chi connectivity index (χ2v) is 8.04. The zero-order valence-corrected chi connectivity index (χ0v) is 18.6. The third kappa shape index (κ3) is 4.28. The van der Waals surface area contributed by atoms with Gasteiger partial charge in [0.1, 0.15) is 5.75 Å². The van der Waals surface area contributed by atoms with E-state index in [1.54, 1.807) is 17.9 Å². The molecule has 0 aliphatic rings. The molecule has 1 aromatic heterocycles. The van der Waals surface area contributed by atoms with Gasteiger partial charge in [0.15, 0.2) is 0 Å². The molecule has 0 spiro atoms. The molecule has 0 fully saturated rings. The summed E-state index contributed by atoms with van der Waals surface area (Å²) in [6.45, 7) is 8.44. The molecule has 0 radical (unpaired) electrons. The molecular formula is C27H27N3O2. The van der Waals surface area contributed by atoms with Crippen molar-refractivity contribution in [3.63, 3.8) is 0 Å². The fourth-order valence-corrected chi connectivity index (χ4v) is 3.85. The third-order valence-corrected chi connectivity index (χ3v) is 5.58. The van der Waals surface area contributed by atoms with Crippen LogP contribution in [0.3, 0.4) is 0 Å². The van der Waals surface area contributed by atoms with Crippen LogP contribution in [-0.4, -0.2) is 16.7 Å². The molecule has 3 aromatic carbocycles. The molecule has 5 heteroatoms. The van der Waals surface area contributed by atoms with Crippen LogP contribution >= 0.6 is 0 Å². The highest BCUT2D eigenvalue weighted by Crippen LogP contribution is 2.30. The monoisotopic (exact) mass is 425 g/mol. The Balaban J connectivity index is 1.86. The predicted octanol–water partition coefficient (Wildman–Crippen LogP) is 5.80. The molecular weight excluding hydrogens is 398 g/mol. The van der Waals surface area contributed by atoms with Crippen LogP contribution in [0, 0.1) is 0 Å². The van der Waals surface area contributed by atoms with Gasteiger partial charge in [0, 0.05) is 16.6 Å². The highest BCUT2D eigenvalue weighted by molar-refractivity contribution is 5.93. The zero-order chi connectivity index (χ0) is 22.7. The Bertz CT molecular complexity index is 1320. The third-order valence-electron chi connectivity index (χ3n) is 5.58. The highest BCUT2D eigenvalue weighted by atomic mass is 16.5. The van der Waals surface area contributed by atoms with Crippen molar-refractivity contribution in [3.8, 4) is 17.0 Å². The topological polar surface area (TPSA) is 56.2 Å². The standard InChI is InChI=1S/C27H27N3O2/c1-5-28-22-8-6-7-19(15-22)17-30-25-14-13-23(32-4)16-24(25)26(29-27(30)31)21-11-9-20(10-12-21)18(2)3/h5-16,18,28H,1,17H2,2-4H3. The summed E-state index contributed by atoms with van der Waals surface area (Å²) in [4.78, 5) is 17.7. The number of ether oxygens (including phenoxy) is 1. The van der Waals surface area contributed by atoms with E-state index in [-0.39, 0.29) is 5.69 Å². The zero-order valence-electron chi connectivity index (χ0n) is 18.6. The Morgan fingerprint density at radius 1 is 1.09 bits per heavy atom. The molecule has 0 atom stereocenters. The number of hydrogen-bond donors (Lipinski definition) is 1. The SMILES string of the molecule is C=CNc1cccc(Cn2c(=O)nc(-c3ccc(C(C)C)cc3)c3cc(OC)ccc32)c1.